The molecule has 0 radical (unpaired) electrons. The lowest BCUT2D eigenvalue weighted by molar-refractivity contribution is 0.0916. The Kier molecular flexibility index (Phi) is 4.37. The molecule has 4 heteroatoms. The Bertz CT molecular complexity index is 769. The van der Waals surface area contributed by atoms with E-state index in [0.717, 1.165) is 29.5 Å². The summed E-state index contributed by atoms with van der Waals surface area (Å²) in [4.78, 5) is 12.2. The Morgan fingerprint density at radius 1 is 1.21 bits per heavy atom. The standard InChI is InChI=1S/C20H20N2O2/c1-14-2-4-15(5-3-14)18(23)12-22-19(24)16-6-8-17(9-7-16)20(13-21)10-11-20/h2-9,18,23H,10-12H2,1H3,(H,22,24). The first-order valence-electron chi connectivity index (χ1n) is 8.09. The van der Waals surface area contributed by atoms with Crippen LogP contribution in [-0.4, -0.2) is 17.6 Å². The summed E-state index contributed by atoms with van der Waals surface area (Å²) in [5.74, 6) is -0.227. The lowest BCUT2D eigenvalue weighted by Crippen LogP contribution is -2.28. The highest BCUT2D eigenvalue weighted by atomic mass is 16.3. The Balaban J connectivity index is 1.59. The van der Waals surface area contributed by atoms with Gasteiger partial charge in [0.15, 0.2) is 0 Å². The van der Waals surface area contributed by atoms with Gasteiger partial charge in [-0.3, -0.25) is 4.79 Å². The first-order chi connectivity index (χ1) is 11.5. The van der Waals surface area contributed by atoms with E-state index in [1.807, 2.05) is 43.3 Å². The van der Waals surface area contributed by atoms with E-state index in [4.69, 9.17) is 0 Å². The number of rotatable bonds is 5. The predicted molar refractivity (Wildman–Crippen MR) is 91.4 cm³/mol. The fourth-order valence-electron chi connectivity index (χ4n) is 2.73. The number of hydrogen-bond donors (Lipinski definition) is 2. The number of nitrogens with zero attached hydrogens (tertiary/aromatic N) is 1. The Morgan fingerprint density at radius 2 is 1.83 bits per heavy atom. The van der Waals surface area contributed by atoms with Crippen LogP contribution in [0.4, 0.5) is 0 Å². The monoisotopic (exact) mass is 320 g/mol. The highest BCUT2D eigenvalue weighted by Gasteiger charge is 2.44. The molecule has 1 unspecified atom stereocenters. The molecule has 0 aromatic heterocycles. The number of hydrogen-bond acceptors (Lipinski definition) is 3. The summed E-state index contributed by atoms with van der Waals surface area (Å²) < 4.78 is 0. The number of nitrogens with one attached hydrogen (secondary N) is 1. The maximum absolute atomic E-state index is 12.2. The molecular formula is C20H20N2O2. The first-order valence-corrected chi connectivity index (χ1v) is 8.09. The first kappa shape index (κ1) is 16.2. The molecule has 0 saturated heterocycles. The van der Waals surface area contributed by atoms with Crippen LogP contribution < -0.4 is 5.32 Å². The van der Waals surface area contributed by atoms with Crippen molar-refractivity contribution in [1.29, 1.82) is 5.26 Å². The average Bonchev–Trinajstić information content (AvgIpc) is 3.41. The second kappa shape index (κ2) is 6.46. The van der Waals surface area contributed by atoms with E-state index in [2.05, 4.69) is 11.4 Å². The number of benzene rings is 2. The number of carbonyl (C=O) groups is 1. The molecule has 1 saturated carbocycles. The van der Waals surface area contributed by atoms with Crippen molar-refractivity contribution in [2.24, 2.45) is 0 Å². The molecule has 2 N–H and O–H groups in total. The van der Waals surface area contributed by atoms with Gasteiger partial charge in [-0.05, 0) is 43.0 Å². The van der Waals surface area contributed by atoms with E-state index in [9.17, 15) is 15.2 Å². The molecule has 2 aromatic carbocycles. The van der Waals surface area contributed by atoms with Gasteiger partial charge in [0.1, 0.15) is 0 Å². The molecule has 0 spiro atoms. The van der Waals surface area contributed by atoms with Gasteiger partial charge in [0.25, 0.3) is 5.91 Å². The van der Waals surface area contributed by atoms with Crippen molar-refractivity contribution >= 4 is 5.91 Å². The number of carbonyl (C=O) groups excluding carboxylic acids is 1. The zero-order valence-corrected chi connectivity index (χ0v) is 13.6. The van der Waals surface area contributed by atoms with Crippen molar-refractivity contribution in [2.75, 3.05) is 6.54 Å². The number of amides is 1. The molecular weight excluding hydrogens is 300 g/mol. The molecule has 0 aliphatic heterocycles. The van der Waals surface area contributed by atoms with Gasteiger partial charge in [-0.1, -0.05) is 42.0 Å². The molecule has 1 aliphatic rings. The van der Waals surface area contributed by atoms with E-state index in [1.54, 1.807) is 12.1 Å². The third-order valence-electron chi connectivity index (χ3n) is 4.58. The molecule has 0 heterocycles. The lowest BCUT2D eigenvalue weighted by Gasteiger charge is -2.13. The Labute approximate surface area is 141 Å². The van der Waals surface area contributed by atoms with Crippen LogP contribution in [0.5, 0.6) is 0 Å². The minimum atomic E-state index is -0.734. The highest BCUT2D eigenvalue weighted by molar-refractivity contribution is 5.94. The van der Waals surface area contributed by atoms with Crippen LogP contribution in [0, 0.1) is 18.3 Å². The zero-order valence-electron chi connectivity index (χ0n) is 13.6. The van der Waals surface area contributed by atoms with Crippen molar-refractivity contribution in [1.82, 2.24) is 5.32 Å². The third kappa shape index (κ3) is 3.32. The van der Waals surface area contributed by atoms with Gasteiger partial charge in [-0.25, -0.2) is 0 Å². The van der Waals surface area contributed by atoms with Crippen molar-refractivity contribution in [2.45, 2.75) is 31.3 Å². The summed E-state index contributed by atoms with van der Waals surface area (Å²) in [7, 11) is 0. The quantitative estimate of drug-likeness (QED) is 0.889. The summed E-state index contributed by atoms with van der Waals surface area (Å²) in [5.41, 5.74) is 3.07. The maximum Gasteiger partial charge on any atom is 0.251 e. The molecule has 2 aromatic rings. The summed E-state index contributed by atoms with van der Waals surface area (Å²) >= 11 is 0. The second-order valence-electron chi connectivity index (χ2n) is 6.41. The molecule has 1 amide bonds. The van der Waals surface area contributed by atoms with Crippen LogP contribution >= 0.6 is 0 Å². The number of aryl methyl sites for hydroxylation is 1. The van der Waals surface area contributed by atoms with Gasteiger partial charge in [0.05, 0.1) is 17.6 Å². The topological polar surface area (TPSA) is 73.1 Å². The molecule has 1 aliphatic carbocycles. The molecule has 3 rings (SSSR count). The molecule has 0 bridgehead atoms. The fraction of sp³-hybridized carbons (Fsp3) is 0.300. The molecule has 4 nitrogen and oxygen atoms in total. The van der Waals surface area contributed by atoms with Crippen LogP contribution in [0.15, 0.2) is 48.5 Å². The summed E-state index contributed by atoms with van der Waals surface area (Å²) in [5, 5.41) is 22.1. The number of nitriles is 1. The van der Waals surface area contributed by atoms with Gasteiger partial charge >= 0.3 is 0 Å². The molecule has 1 atom stereocenters. The van der Waals surface area contributed by atoms with Crippen LogP contribution in [0.2, 0.25) is 0 Å². The number of aliphatic hydroxyl groups excluding tert-OH is 1. The minimum absolute atomic E-state index is 0.159. The van der Waals surface area contributed by atoms with Gasteiger partial charge in [-0.2, -0.15) is 5.26 Å². The van der Waals surface area contributed by atoms with E-state index in [1.165, 1.54) is 0 Å². The average molecular weight is 320 g/mol. The van der Waals surface area contributed by atoms with Crippen molar-refractivity contribution in [3.63, 3.8) is 0 Å². The van der Waals surface area contributed by atoms with Gasteiger partial charge in [-0.15, -0.1) is 0 Å². The summed E-state index contributed by atoms with van der Waals surface area (Å²) in [6.07, 6.45) is 1.04. The SMILES string of the molecule is Cc1ccc(C(O)CNC(=O)c2ccc(C3(C#N)CC3)cc2)cc1. The molecule has 122 valence electrons. The maximum atomic E-state index is 12.2. The van der Waals surface area contributed by atoms with E-state index in [0.29, 0.717) is 5.56 Å². The largest absolute Gasteiger partial charge is 0.387 e. The predicted octanol–water partition coefficient (Wildman–Crippen LogP) is 3.01. The van der Waals surface area contributed by atoms with Crippen LogP contribution in [0.25, 0.3) is 0 Å². The van der Waals surface area contributed by atoms with Crippen molar-refractivity contribution < 1.29 is 9.90 Å². The molecule has 1 fully saturated rings. The lowest BCUT2D eigenvalue weighted by atomic mass is 9.96. The minimum Gasteiger partial charge on any atom is -0.387 e. The smallest absolute Gasteiger partial charge is 0.251 e. The number of aliphatic hydroxyl groups is 1. The Hall–Kier alpha value is -2.64. The Morgan fingerprint density at radius 3 is 2.38 bits per heavy atom. The highest BCUT2D eigenvalue weighted by Crippen LogP contribution is 2.47. The zero-order chi connectivity index (χ0) is 17.2. The third-order valence-corrected chi connectivity index (χ3v) is 4.58. The fourth-order valence-corrected chi connectivity index (χ4v) is 2.73. The van der Waals surface area contributed by atoms with Crippen molar-refractivity contribution in [3.05, 3.63) is 70.8 Å². The van der Waals surface area contributed by atoms with E-state index < -0.39 is 6.10 Å². The van der Waals surface area contributed by atoms with Crippen molar-refractivity contribution in [3.8, 4) is 6.07 Å². The van der Waals surface area contributed by atoms with Crippen LogP contribution in [0.3, 0.4) is 0 Å². The van der Waals surface area contributed by atoms with Crippen LogP contribution in [-0.2, 0) is 5.41 Å². The second-order valence-corrected chi connectivity index (χ2v) is 6.41. The van der Waals surface area contributed by atoms with E-state index >= 15 is 0 Å². The molecule has 24 heavy (non-hydrogen) atoms. The van der Waals surface area contributed by atoms with Gasteiger partial charge in [0.2, 0.25) is 0 Å². The van der Waals surface area contributed by atoms with Gasteiger partial charge in [0, 0.05) is 12.1 Å². The summed E-state index contributed by atoms with van der Waals surface area (Å²) in [6.45, 7) is 2.14. The van der Waals surface area contributed by atoms with E-state index in [-0.39, 0.29) is 17.9 Å². The normalized spacial score (nSPS) is 16.0. The summed E-state index contributed by atoms with van der Waals surface area (Å²) in [6, 6.07) is 17.1. The van der Waals surface area contributed by atoms with Crippen LogP contribution in [0.1, 0.15) is 46.0 Å². The van der Waals surface area contributed by atoms with Gasteiger partial charge < -0.3 is 10.4 Å².